The van der Waals surface area contributed by atoms with Crippen molar-refractivity contribution in [3.8, 4) is 0 Å². The molecular formula is C53H103NO5. The molecule has 0 aromatic heterocycles. The summed E-state index contributed by atoms with van der Waals surface area (Å²) in [6.45, 7) is 6.49. The summed E-state index contributed by atoms with van der Waals surface area (Å²) in [6.07, 6.45) is 52.7. The highest BCUT2D eigenvalue weighted by atomic mass is 16.5. The van der Waals surface area contributed by atoms with Crippen LogP contribution in [0.2, 0.25) is 0 Å². The van der Waals surface area contributed by atoms with Crippen LogP contribution in [0.15, 0.2) is 12.2 Å². The van der Waals surface area contributed by atoms with E-state index in [9.17, 15) is 19.8 Å². The summed E-state index contributed by atoms with van der Waals surface area (Å²) < 4.78 is 5.93. The van der Waals surface area contributed by atoms with Gasteiger partial charge in [-0.1, -0.05) is 238 Å². The number of nitrogens with one attached hydrogen (secondary N) is 1. The predicted molar refractivity (Wildman–Crippen MR) is 255 cm³/mol. The number of aliphatic hydroxyl groups is 2. The summed E-state index contributed by atoms with van der Waals surface area (Å²) in [5.74, 6) is -0.471. The lowest BCUT2D eigenvalue weighted by molar-refractivity contribution is -0.151. The third kappa shape index (κ3) is 43.1. The van der Waals surface area contributed by atoms with Gasteiger partial charge < -0.3 is 20.3 Å². The van der Waals surface area contributed by atoms with E-state index in [4.69, 9.17) is 4.74 Å². The first-order valence-corrected chi connectivity index (χ1v) is 26.4. The Hall–Kier alpha value is -1.40. The molecule has 0 bridgehead atoms. The molecule has 350 valence electrons. The molecule has 0 fully saturated rings. The van der Waals surface area contributed by atoms with Crippen molar-refractivity contribution in [1.82, 2.24) is 5.32 Å². The normalized spacial score (nSPS) is 13.2. The van der Waals surface area contributed by atoms with Crippen LogP contribution in [-0.4, -0.2) is 46.9 Å². The first-order chi connectivity index (χ1) is 29.0. The standard InChI is InChI=1S/C53H103NO5/c1-4-7-10-13-16-19-22-24-26-28-31-34-37-40-43-46-53(58)59-49(44-41-38-35-32-30-27-25-23-20-17-14-11-8-5-2)47-52(57)54-50(48-55)51(56)45-42-39-36-33-29-21-18-15-12-9-6-3/h27,30,49-51,55-56H,4-26,28-29,31-48H2,1-3H3,(H,54,57)/b30-27+. The van der Waals surface area contributed by atoms with Crippen molar-refractivity contribution in [2.24, 2.45) is 0 Å². The maximum atomic E-state index is 13.2. The molecule has 0 aromatic rings. The fraction of sp³-hybridized carbons (Fsp3) is 0.925. The van der Waals surface area contributed by atoms with Crippen LogP contribution in [0.5, 0.6) is 0 Å². The molecule has 3 N–H and O–H groups in total. The Morgan fingerprint density at radius 3 is 1.22 bits per heavy atom. The second-order valence-electron chi connectivity index (χ2n) is 18.3. The second kappa shape index (κ2) is 47.6. The largest absolute Gasteiger partial charge is 0.462 e. The van der Waals surface area contributed by atoms with Crippen molar-refractivity contribution < 1.29 is 24.5 Å². The third-order valence-corrected chi connectivity index (χ3v) is 12.3. The number of hydrogen-bond donors (Lipinski definition) is 3. The van der Waals surface area contributed by atoms with Crippen molar-refractivity contribution in [2.45, 2.75) is 309 Å². The van der Waals surface area contributed by atoms with Gasteiger partial charge in [-0.15, -0.1) is 0 Å². The molecule has 0 aliphatic carbocycles. The minimum atomic E-state index is -0.785. The van der Waals surface area contributed by atoms with E-state index in [1.165, 1.54) is 186 Å². The number of aliphatic hydroxyl groups excluding tert-OH is 2. The molecule has 0 heterocycles. The fourth-order valence-electron chi connectivity index (χ4n) is 8.31. The maximum Gasteiger partial charge on any atom is 0.306 e. The number of amides is 1. The predicted octanol–water partition coefficient (Wildman–Crippen LogP) is 15.7. The summed E-state index contributed by atoms with van der Waals surface area (Å²) in [5.41, 5.74) is 0. The minimum Gasteiger partial charge on any atom is -0.462 e. The molecule has 0 aromatic carbocycles. The van der Waals surface area contributed by atoms with Crippen LogP contribution in [0.25, 0.3) is 0 Å². The Kier molecular flexibility index (Phi) is 46.5. The van der Waals surface area contributed by atoms with Gasteiger partial charge in [0.2, 0.25) is 5.91 Å². The van der Waals surface area contributed by atoms with Crippen LogP contribution in [0.1, 0.15) is 290 Å². The molecule has 3 unspecified atom stereocenters. The summed E-state index contributed by atoms with van der Waals surface area (Å²) in [7, 11) is 0. The Morgan fingerprint density at radius 2 is 0.814 bits per heavy atom. The molecule has 0 radical (unpaired) electrons. The van der Waals surface area contributed by atoms with E-state index in [1.807, 2.05) is 0 Å². The topological polar surface area (TPSA) is 95.9 Å². The Bertz CT molecular complexity index is 893. The Morgan fingerprint density at radius 1 is 0.475 bits per heavy atom. The smallest absolute Gasteiger partial charge is 0.306 e. The number of hydrogen-bond acceptors (Lipinski definition) is 5. The number of carbonyl (C=O) groups is 2. The number of rotatable bonds is 48. The van der Waals surface area contributed by atoms with Crippen molar-refractivity contribution >= 4 is 11.9 Å². The second-order valence-corrected chi connectivity index (χ2v) is 18.3. The molecule has 0 rings (SSSR count). The lowest BCUT2D eigenvalue weighted by atomic mass is 10.0. The Balaban J connectivity index is 4.55. The number of allylic oxidation sites excluding steroid dienone is 2. The van der Waals surface area contributed by atoms with Crippen molar-refractivity contribution in [1.29, 1.82) is 0 Å². The van der Waals surface area contributed by atoms with E-state index in [1.54, 1.807) is 0 Å². The number of ether oxygens (including phenoxy) is 1. The lowest BCUT2D eigenvalue weighted by Gasteiger charge is -2.24. The maximum absolute atomic E-state index is 13.2. The van der Waals surface area contributed by atoms with Crippen molar-refractivity contribution in [3.05, 3.63) is 12.2 Å². The van der Waals surface area contributed by atoms with Gasteiger partial charge in [-0.05, 0) is 51.4 Å². The average Bonchev–Trinajstić information content (AvgIpc) is 3.23. The molecule has 6 nitrogen and oxygen atoms in total. The number of esters is 1. The van der Waals surface area contributed by atoms with Gasteiger partial charge in [0.05, 0.1) is 25.2 Å². The zero-order chi connectivity index (χ0) is 43.1. The third-order valence-electron chi connectivity index (χ3n) is 12.3. The van der Waals surface area contributed by atoms with E-state index >= 15 is 0 Å². The molecule has 59 heavy (non-hydrogen) atoms. The molecule has 6 heteroatoms. The fourth-order valence-corrected chi connectivity index (χ4v) is 8.31. The SMILES string of the molecule is CCCCCCCCC/C=C/CCCCCC(CC(=O)NC(CO)C(O)CCCCCCCCCCCCC)OC(=O)CCCCCCCCCCCCCCCCC. The zero-order valence-corrected chi connectivity index (χ0v) is 39.9. The van der Waals surface area contributed by atoms with E-state index in [0.717, 1.165) is 57.8 Å². The highest BCUT2D eigenvalue weighted by molar-refractivity contribution is 5.77. The van der Waals surface area contributed by atoms with E-state index in [0.29, 0.717) is 19.3 Å². The van der Waals surface area contributed by atoms with Gasteiger partial charge in [-0.25, -0.2) is 0 Å². The van der Waals surface area contributed by atoms with Crippen LogP contribution in [0, 0.1) is 0 Å². The van der Waals surface area contributed by atoms with Crippen LogP contribution in [0.3, 0.4) is 0 Å². The van der Waals surface area contributed by atoms with Crippen LogP contribution in [0.4, 0.5) is 0 Å². The van der Waals surface area contributed by atoms with E-state index < -0.39 is 18.2 Å². The zero-order valence-electron chi connectivity index (χ0n) is 39.9. The molecule has 0 aliphatic rings. The van der Waals surface area contributed by atoms with Crippen LogP contribution in [-0.2, 0) is 14.3 Å². The number of carbonyl (C=O) groups excluding carboxylic acids is 2. The van der Waals surface area contributed by atoms with E-state index in [2.05, 4.69) is 38.2 Å². The number of unbranched alkanes of at least 4 members (excludes halogenated alkanes) is 34. The van der Waals surface area contributed by atoms with Gasteiger partial charge in [0, 0.05) is 6.42 Å². The van der Waals surface area contributed by atoms with Gasteiger partial charge in [-0.3, -0.25) is 9.59 Å². The molecule has 0 saturated carbocycles. The highest BCUT2D eigenvalue weighted by Crippen LogP contribution is 2.18. The quantitative estimate of drug-likeness (QED) is 0.0322. The first-order valence-electron chi connectivity index (χ1n) is 26.4. The van der Waals surface area contributed by atoms with Gasteiger partial charge in [0.15, 0.2) is 0 Å². The van der Waals surface area contributed by atoms with Gasteiger partial charge >= 0.3 is 5.97 Å². The monoisotopic (exact) mass is 834 g/mol. The van der Waals surface area contributed by atoms with Crippen molar-refractivity contribution in [2.75, 3.05) is 6.61 Å². The van der Waals surface area contributed by atoms with Crippen LogP contribution >= 0.6 is 0 Å². The highest BCUT2D eigenvalue weighted by Gasteiger charge is 2.24. The average molecular weight is 834 g/mol. The molecule has 1 amide bonds. The molecule has 0 spiro atoms. The van der Waals surface area contributed by atoms with Crippen molar-refractivity contribution in [3.63, 3.8) is 0 Å². The van der Waals surface area contributed by atoms with Gasteiger partial charge in [0.1, 0.15) is 6.10 Å². The molecule has 3 atom stereocenters. The lowest BCUT2D eigenvalue weighted by Crippen LogP contribution is -2.46. The first kappa shape index (κ1) is 57.6. The molecular weight excluding hydrogens is 731 g/mol. The summed E-state index contributed by atoms with van der Waals surface area (Å²) >= 11 is 0. The van der Waals surface area contributed by atoms with Gasteiger partial charge in [0.25, 0.3) is 0 Å². The summed E-state index contributed by atoms with van der Waals surface area (Å²) in [4.78, 5) is 26.1. The Labute approximate surface area is 368 Å². The van der Waals surface area contributed by atoms with Crippen LogP contribution < -0.4 is 5.32 Å². The summed E-state index contributed by atoms with van der Waals surface area (Å²) in [5, 5.41) is 23.7. The molecule has 0 aliphatic heterocycles. The summed E-state index contributed by atoms with van der Waals surface area (Å²) in [6, 6.07) is -0.699. The van der Waals surface area contributed by atoms with E-state index in [-0.39, 0.29) is 24.9 Å². The minimum absolute atomic E-state index is 0.0740. The molecule has 0 saturated heterocycles. The van der Waals surface area contributed by atoms with Gasteiger partial charge in [-0.2, -0.15) is 0 Å².